The van der Waals surface area contributed by atoms with E-state index in [2.05, 4.69) is 5.32 Å². The molecule has 10 heavy (non-hydrogen) atoms. The molecule has 0 radical (unpaired) electrons. The smallest absolute Gasteiger partial charge is 0.102 e. The van der Waals surface area contributed by atoms with E-state index in [1.54, 1.807) is 0 Å². The largest absolute Gasteiger partial charge is 0.328 e. The molecule has 0 rings (SSSR count). The fourth-order valence-corrected chi connectivity index (χ4v) is 0.741. The van der Waals surface area contributed by atoms with E-state index >= 15 is 0 Å². The van der Waals surface area contributed by atoms with Crippen molar-refractivity contribution >= 4 is 0 Å². The molecule has 0 bridgehead atoms. The molecule has 3 N–H and O–H groups in total. The molecule has 0 aromatic heterocycles. The molecule has 1 unspecified atom stereocenters. The normalized spacial score (nSPS) is 13.5. The first-order chi connectivity index (χ1) is 4.77. The lowest BCUT2D eigenvalue weighted by atomic mass is 10.2. The lowest BCUT2D eigenvalue weighted by molar-refractivity contribution is 0.460. The number of hydrogen-bond acceptors (Lipinski definition) is 2. The van der Waals surface area contributed by atoms with Gasteiger partial charge in [0.25, 0.3) is 0 Å². The average molecular weight is 148 g/mol. The molecule has 0 fully saturated rings. The molecule has 0 spiro atoms. The Morgan fingerprint density at radius 2 is 2.20 bits per heavy atom. The van der Waals surface area contributed by atoms with E-state index in [4.69, 9.17) is 5.73 Å². The molecule has 0 aliphatic heterocycles. The Labute approximate surface area is 62.0 Å². The number of hydrogen-bond donors (Lipinski definition) is 2. The molecule has 0 aliphatic rings. The minimum absolute atomic E-state index is 0.271. The summed E-state index contributed by atoms with van der Waals surface area (Å²) in [6.07, 6.45) is 2.05. The van der Waals surface area contributed by atoms with Gasteiger partial charge in [-0.1, -0.05) is 0 Å². The molecule has 3 heteroatoms. The molecule has 2 nitrogen and oxygen atoms in total. The fourth-order valence-electron chi connectivity index (χ4n) is 0.741. The zero-order chi connectivity index (χ0) is 7.82. The van der Waals surface area contributed by atoms with Crippen LogP contribution in [0.5, 0.6) is 0 Å². The van der Waals surface area contributed by atoms with Gasteiger partial charge in [-0.25, -0.2) is 4.39 Å². The molecule has 0 saturated heterocycles. The molecule has 0 saturated carbocycles. The average Bonchev–Trinajstić information content (AvgIpc) is 1.87. The monoisotopic (exact) mass is 148 g/mol. The number of nitrogens with two attached hydrogens (primary N) is 1. The van der Waals surface area contributed by atoms with E-state index in [-0.39, 0.29) is 12.7 Å². The summed E-state index contributed by atoms with van der Waals surface area (Å²) >= 11 is 0. The standard InChI is InChI=1S/C7H17FN2/c1-7(9)3-2-5-10-6-4-8/h7,10H,2-6,9H2,1H3. The number of rotatable bonds is 6. The van der Waals surface area contributed by atoms with Crippen molar-refractivity contribution in [2.24, 2.45) is 5.73 Å². The summed E-state index contributed by atoms with van der Waals surface area (Å²) in [6.45, 7) is 3.05. The van der Waals surface area contributed by atoms with Gasteiger partial charge in [0, 0.05) is 12.6 Å². The van der Waals surface area contributed by atoms with Crippen LogP contribution in [0.25, 0.3) is 0 Å². The van der Waals surface area contributed by atoms with Crippen molar-refractivity contribution in [2.75, 3.05) is 19.8 Å². The Hall–Kier alpha value is -0.150. The Morgan fingerprint density at radius 3 is 2.70 bits per heavy atom. The van der Waals surface area contributed by atoms with Crippen LogP contribution in [-0.4, -0.2) is 25.8 Å². The summed E-state index contributed by atoms with van der Waals surface area (Å²) in [7, 11) is 0. The van der Waals surface area contributed by atoms with Crippen molar-refractivity contribution in [1.82, 2.24) is 5.32 Å². The zero-order valence-corrected chi connectivity index (χ0v) is 6.57. The summed E-state index contributed by atoms with van der Waals surface area (Å²) in [6, 6.07) is 0.271. The van der Waals surface area contributed by atoms with E-state index in [0.29, 0.717) is 6.54 Å². The predicted octanol–water partition coefficient (Wildman–Crippen LogP) is 0.673. The molecule has 0 aromatic rings. The summed E-state index contributed by atoms with van der Waals surface area (Å²) in [5, 5.41) is 2.96. The molecule has 0 aromatic carbocycles. The minimum atomic E-state index is -0.280. The van der Waals surface area contributed by atoms with Crippen molar-refractivity contribution in [1.29, 1.82) is 0 Å². The van der Waals surface area contributed by atoms with Crippen LogP contribution >= 0.6 is 0 Å². The van der Waals surface area contributed by atoms with Crippen LogP contribution in [-0.2, 0) is 0 Å². The van der Waals surface area contributed by atoms with Crippen LogP contribution in [0, 0.1) is 0 Å². The first-order valence-corrected chi connectivity index (χ1v) is 3.79. The fraction of sp³-hybridized carbons (Fsp3) is 1.00. The van der Waals surface area contributed by atoms with Crippen LogP contribution in [0.2, 0.25) is 0 Å². The lowest BCUT2D eigenvalue weighted by Crippen LogP contribution is -2.21. The molecule has 0 heterocycles. The van der Waals surface area contributed by atoms with Crippen LogP contribution in [0.15, 0.2) is 0 Å². The van der Waals surface area contributed by atoms with E-state index < -0.39 is 0 Å². The summed E-state index contributed by atoms with van der Waals surface area (Å²) in [5.74, 6) is 0. The second-order valence-corrected chi connectivity index (χ2v) is 2.56. The summed E-state index contributed by atoms with van der Waals surface area (Å²) < 4.78 is 11.5. The maximum atomic E-state index is 11.5. The highest BCUT2D eigenvalue weighted by molar-refractivity contribution is 4.54. The Morgan fingerprint density at radius 1 is 1.50 bits per heavy atom. The highest BCUT2D eigenvalue weighted by atomic mass is 19.1. The molecule has 62 valence electrons. The van der Waals surface area contributed by atoms with Gasteiger partial charge in [0.1, 0.15) is 6.67 Å². The highest BCUT2D eigenvalue weighted by Gasteiger charge is 1.92. The van der Waals surface area contributed by atoms with E-state index in [1.165, 1.54) is 0 Å². The quantitative estimate of drug-likeness (QED) is 0.543. The Balaban J connectivity index is 2.77. The van der Waals surface area contributed by atoms with Crippen molar-refractivity contribution in [2.45, 2.75) is 25.8 Å². The summed E-state index contributed by atoms with van der Waals surface area (Å²) in [4.78, 5) is 0. The highest BCUT2D eigenvalue weighted by Crippen LogP contribution is 1.90. The van der Waals surface area contributed by atoms with Gasteiger partial charge in [-0.2, -0.15) is 0 Å². The molecular formula is C7H17FN2. The second-order valence-electron chi connectivity index (χ2n) is 2.56. The SMILES string of the molecule is CC(N)CCCNCCF. The third-order valence-electron chi connectivity index (χ3n) is 1.28. The molecule has 1 atom stereocenters. The number of alkyl halides is 1. The first kappa shape index (κ1) is 9.85. The van der Waals surface area contributed by atoms with Crippen LogP contribution in [0.4, 0.5) is 4.39 Å². The molecule has 0 aliphatic carbocycles. The van der Waals surface area contributed by atoms with Crippen molar-refractivity contribution in [3.63, 3.8) is 0 Å². The third-order valence-corrected chi connectivity index (χ3v) is 1.28. The van der Waals surface area contributed by atoms with Crippen molar-refractivity contribution in [3.05, 3.63) is 0 Å². The Bertz CT molecular complexity index is 66.6. The first-order valence-electron chi connectivity index (χ1n) is 3.79. The van der Waals surface area contributed by atoms with Gasteiger partial charge < -0.3 is 11.1 Å². The number of nitrogens with one attached hydrogen (secondary N) is 1. The number of halogens is 1. The van der Waals surface area contributed by atoms with E-state index in [0.717, 1.165) is 19.4 Å². The topological polar surface area (TPSA) is 38.0 Å². The third kappa shape index (κ3) is 7.85. The van der Waals surface area contributed by atoms with Crippen LogP contribution < -0.4 is 11.1 Å². The van der Waals surface area contributed by atoms with Crippen molar-refractivity contribution in [3.8, 4) is 0 Å². The van der Waals surface area contributed by atoms with E-state index in [9.17, 15) is 4.39 Å². The maximum Gasteiger partial charge on any atom is 0.102 e. The van der Waals surface area contributed by atoms with Crippen LogP contribution in [0.1, 0.15) is 19.8 Å². The second kappa shape index (κ2) is 6.96. The van der Waals surface area contributed by atoms with Gasteiger partial charge in [0.2, 0.25) is 0 Å². The van der Waals surface area contributed by atoms with Crippen LogP contribution in [0.3, 0.4) is 0 Å². The summed E-state index contributed by atoms with van der Waals surface area (Å²) in [5.41, 5.74) is 5.51. The van der Waals surface area contributed by atoms with E-state index in [1.807, 2.05) is 6.92 Å². The lowest BCUT2D eigenvalue weighted by Gasteiger charge is -2.04. The minimum Gasteiger partial charge on any atom is -0.328 e. The molecular weight excluding hydrogens is 131 g/mol. The maximum absolute atomic E-state index is 11.5. The van der Waals surface area contributed by atoms with Gasteiger partial charge in [0.15, 0.2) is 0 Å². The Kier molecular flexibility index (Phi) is 6.86. The van der Waals surface area contributed by atoms with Gasteiger partial charge in [0.05, 0.1) is 0 Å². The van der Waals surface area contributed by atoms with Gasteiger partial charge in [-0.15, -0.1) is 0 Å². The zero-order valence-electron chi connectivity index (χ0n) is 6.57. The van der Waals surface area contributed by atoms with Gasteiger partial charge in [-0.05, 0) is 26.3 Å². The van der Waals surface area contributed by atoms with Crippen molar-refractivity contribution < 1.29 is 4.39 Å². The van der Waals surface area contributed by atoms with Gasteiger partial charge >= 0.3 is 0 Å². The predicted molar refractivity (Wildman–Crippen MR) is 41.7 cm³/mol. The molecule has 0 amide bonds. The van der Waals surface area contributed by atoms with Gasteiger partial charge in [-0.3, -0.25) is 0 Å².